The van der Waals surface area contributed by atoms with E-state index in [1.807, 2.05) is 26.0 Å². The largest absolute Gasteiger partial charge is 0.394 e. The van der Waals surface area contributed by atoms with Crippen molar-refractivity contribution in [2.45, 2.75) is 25.9 Å². The van der Waals surface area contributed by atoms with Gasteiger partial charge in [-0.15, -0.1) is 0 Å². The summed E-state index contributed by atoms with van der Waals surface area (Å²) in [5, 5.41) is 12.7. The maximum absolute atomic E-state index is 9.03. The fourth-order valence-electron chi connectivity index (χ4n) is 0.942. The van der Waals surface area contributed by atoms with Crippen LogP contribution >= 0.6 is 11.6 Å². The molecule has 0 aliphatic carbocycles. The van der Waals surface area contributed by atoms with E-state index in [9.17, 15) is 0 Å². The van der Waals surface area contributed by atoms with Gasteiger partial charge in [-0.3, -0.25) is 0 Å². The zero-order valence-electron chi connectivity index (χ0n) is 8.42. The third-order valence-corrected chi connectivity index (χ3v) is 2.33. The number of aliphatic hydroxyl groups excluding tert-OH is 1. The minimum absolute atomic E-state index is 0.0882. The topological polar surface area (TPSA) is 45.1 Å². The first kappa shape index (κ1) is 11.4. The maximum Gasteiger partial charge on any atom is 0.133 e. The quantitative estimate of drug-likeness (QED) is 0.749. The molecule has 0 fully saturated rings. The zero-order valence-corrected chi connectivity index (χ0v) is 9.17. The molecule has 0 aliphatic rings. The molecule has 1 aromatic rings. The lowest BCUT2D eigenvalue weighted by Crippen LogP contribution is -2.42. The van der Waals surface area contributed by atoms with E-state index in [0.29, 0.717) is 11.7 Å². The summed E-state index contributed by atoms with van der Waals surface area (Å²) in [6.45, 7) is 4.56. The van der Waals surface area contributed by atoms with Crippen molar-refractivity contribution in [2.24, 2.45) is 0 Å². The molecule has 0 saturated heterocycles. The van der Waals surface area contributed by atoms with Crippen LogP contribution in [0.15, 0.2) is 18.3 Å². The Hall–Kier alpha value is -0.640. The minimum Gasteiger partial charge on any atom is -0.394 e. The van der Waals surface area contributed by atoms with E-state index in [1.54, 1.807) is 6.20 Å². The highest BCUT2D eigenvalue weighted by molar-refractivity contribution is 6.30. The predicted octanol–water partition coefficient (Wildman–Crippen LogP) is 1.60. The second kappa shape index (κ2) is 4.73. The molecule has 78 valence electrons. The molecule has 0 aliphatic heterocycles. The van der Waals surface area contributed by atoms with Crippen molar-refractivity contribution < 1.29 is 5.11 Å². The Labute approximate surface area is 89.1 Å². The Bertz CT molecular complexity index is 302. The summed E-state index contributed by atoms with van der Waals surface area (Å²) in [7, 11) is 0. The van der Waals surface area contributed by atoms with Gasteiger partial charge in [-0.25, -0.2) is 4.98 Å². The first-order valence-electron chi connectivity index (χ1n) is 4.50. The number of nitrogens with zero attached hydrogens (tertiary/aromatic N) is 1. The van der Waals surface area contributed by atoms with Crippen LogP contribution in [0.1, 0.15) is 19.4 Å². The van der Waals surface area contributed by atoms with E-state index in [4.69, 9.17) is 16.7 Å². The van der Waals surface area contributed by atoms with Crippen molar-refractivity contribution in [1.29, 1.82) is 0 Å². The van der Waals surface area contributed by atoms with Crippen molar-refractivity contribution in [1.82, 2.24) is 10.3 Å². The Morgan fingerprint density at radius 1 is 1.57 bits per heavy atom. The molecule has 1 heterocycles. The summed E-state index contributed by atoms with van der Waals surface area (Å²) in [5.74, 6) is 0. The van der Waals surface area contributed by atoms with E-state index in [0.717, 1.165) is 5.56 Å². The lowest BCUT2D eigenvalue weighted by molar-refractivity contribution is 0.187. The Kier molecular flexibility index (Phi) is 3.86. The van der Waals surface area contributed by atoms with Crippen LogP contribution in [-0.4, -0.2) is 22.2 Å². The Morgan fingerprint density at radius 3 is 2.86 bits per heavy atom. The van der Waals surface area contributed by atoms with Gasteiger partial charge >= 0.3 is 0 Å². The fraction of sp³-hybridized carbons (Fsp3) is 0.500. The van der Waals surface area contributed by atoms with Crippen molar-refractivity contribution in [3.63, 3.8) is 0 Å². The van der Waals surface area contributed by atoms with Gasteiger partial charge in [0.05, 0.1) is 6.61 Å². The SMILES string of the molecule is CC(C)(CO)NCc1cccnc1Cl. The highest BCUT2D eigenvalue weighted by Crippen LogP contribution is 2.12. The van der Waals surface area contributed by atoms with Crippen LogP contribution in [0, 0.1) is 0 Å². The average Bonchev–Trinajstić information content (AvgIpc) is 2.17. The first-order chi connectivity index (χ1) is 6.55. The molecule has 0 spiro atoms. The van der Waals surface area contributed by atoms with E-state index < -0.39 is 0 Å². The molecule has 14 heavy (non-hydrogen) atoms. The Balaban J connectivity index is 2.58. The van der Waals surface area contributed by atoms with Gasteiger partial charge in [-0.2, -0.15) is 0 Å². The van der Waals surface area contributed by atoms with Crippen LogP contribution in [0.2, 0.25) is 5.15 Å². The number of hydrogen-bond acceptors (Lipinski definition) is 3. The number of nitrogens with one attached hydrogen (secondary N) is 1. The van der Waals surface area contributed by atoms with E-state index in [-0.39, 0.29) is 12.1 Å². The second-order valence-corrected chi connectivity index (χ2v) is 4.21. The number of aliphatic hydroxyl groups is 1. The van der Waals surface area contributed by atoms with Gasteiger partial charge in [-0.1, -0.05) is 17.7 Å². The molecule has 0 bridgehead atoms. The maximum atomic E-state index is 9.03. The lowest BCUT2D eigenvalue weighted by Gasteiger charge is -2.23. The molecular formula is C10H15ClN2O. The molecule has 0 radical (unpaired) electrons. The van der Waals surface area contributed by atoms with Gasteiger partial charge in [0.25, 0.3) is 0 Å². The summed E-state index contributed by atoms with van der Waals surface area (Å²) in [4.78, 5) is 3.97. The smallest absolute Gasteiger partial charge is 0.133 e. The standard InChI is InChI=1S/C10H15ClN2O/c1-10(2,7-14)13-6-8-4-3-5-12-9(8)11/h3-5,13-14H,6-7H2,1-2H3. The van der Waals surface area contributed by atoms with Crippen LogP contribution in [0.4, 0.5) is 0 Å². The molecule has 4 heteroatoms. The third-order valence-electron chi connectivity index (χ3n) is 1.99. The Morgan fingerprint density at radius 2 is 2.29 bits per heavy atom. The molecule has 0 unspecified atom stereocenters. The first-order valence-corrected chi connectivity index (χ1v) is 4.88. The monoisotopic (exact) mass is 214 g/mol. The molecule has 0 aromatic carbocycles. The molecule has 1 aromatic heterocycles. The van der Waals surface area contributed by atoms with Gasteiger partial charge < -0.3 is 10.4 Å². The normalized spacial score (nSPS) is 11.7. The lowest BCUT2D eigenvalue weighted by atomic mass is 10.1. The fourth-order valence-corrected chi connectivity index (χ4v) is 1.13. The molecule has 2 N–H and O–H groups in total. The number of pyridine rings is 1. The molecule has 3 nitrogen and oxygen atoms in total. The van der Waals surface area contributed by atoms with Crippen molar-refractivity contribution in [2.75, 3.05) is 6.61 Å². The zero-order chi connectivity index (χ0) is 10.6. The minimum atomic E-state index is -0.292. The van der Waals surface area contributed by atoms with Gasteiger partial charge in [0, 0.05) is 23.8 Å². The molecular weight excluding hydrogens is 200 g/mol. The van der Waals surface area contributed by atoms with Gasteiger partial charge in [0.15, 0.2) is 0 Å². The second-order valence-electron chi connectivity index (χ2n) is 3.85. The number of aromatic nitrogens is 1. The highest BCUT2D eigenvalue weighted by atomic mass is 35.5. The molecule has 0 amide bonds. The highest BCUT2D eigenvalue weighted by Gasteiger charge is 2.15. The van der Waals surface area contributed by atoms with Gasteiger partial charge in [0.1, 0.15) is 5.15 Å². The van der Waals surface area contributed by atoms with Crippen LogP contribution in [0.25, 0.3) is 0 Å². The summed E-state index contributed by atoms with van der Waals surface area (Å²) < 4.78 is 0. The third kappa shape index (κ3) is 3.25. The van der Waals surface area contributed by atoms with Crippen LogP contribution in [-0.2, 0) is 6.54 Å². The van der Waals surface area contributed by atoms with Crippen LogP contribution < -0.4 is 5.32 Å². The summed E-state index contributed by atoms with van der Waals surface area (Å²) in [6.07, 6.45) is 1.66. The van der Waals surface area contributed by atoms with Crippen molar-refractivity contribution >= 4 is 11.6 Å². The predicted molar refractivity (Wildman–Crippen MR) is 57.3 cm³/mol. The van der Waals surface area contributed by atoms with Crippen molar-refractivity contribution in [3.8, 4) is 0 Å². The van der Waals surface area contributed by atoms with Crippen LogP contribution in [0.5, 0.6) is 0 Å². The van der Waals surface area contributed by atoms with E-state index in [2.05, 4.69) is 10.3 Å². The summed E-state index contributed by atoms with van der Waals surface area (Å²) in [5.41, 5.74) is 0.648. The number of halogens is 1. The molecule has 0 atom stereocenters. The molecule has 0 saturated carbocycles. The van der Waals surface area contributed by atoms with Gasteiger partial charge in [-0.05, 0) is 19.9 Å². The van der Waals surface area contributed by atoms with E-state index in [1.165, 1.54) is 0 Å². The number of rotatable bonds is 4. The van der Waals surface area contributed by atoms with Crippen molar-refractivity contribution in [3.05, 3.63) is 29.0 Å². The van der Waals surface area contributed by atoms with Crippen LogP contribution in [0.3, 0.4) is 0 Å². The summed E-state index contributed by atoms with van der Waals surface area (Å²) in [6, 6.07) is 3.75. The average molecular weight is 215 g/mol. The molecule has 1 rings (SSSR count). The van der Waals surface area contributed by atoms with Gasteiger partial charge in [0.2, 0.25) is 0 Å². The number of hydrogen-bond donors (Lipinski definition) is 2. The van der Waals surface area contributed by atoms with E-state index >= 15 is 0 Å². The summed E-state index contributed by atoms with van der Waals surface area (Å²) >= 11 is 5.88.